The Hall–Kier alpha value is -2.81. The first-order chi connectivity index (χ1) is 43.0. The molecule has 0 spiro atoms. The number of carbonyl (C=O) groups excluding carboxylic acids is 2. The van der Waals surface area contributed by atoms with Crippen molar-refractivity contribution in [3.8, 4) is 0 Å². The lowest BCUT2D eigenvalue weighted by molar-refractivity contribution is -0.870. The molecule has 0 aromatic rings. The van der Waals surface area contributed by atoms with Crippen LogP contribution in [0.25, 0.3) is 0 Å². The summed E-state index contributed by atoms with van der Waals surface area (Å²) in [5, 5.41) is 0. The third kappa shape index (κ3) is 72.3. The topological polar surface area (TPSA) is 108 Å². The molecule has 0 aliphatic rings. The lowest BCUT2D eigenvalue weighted by Gasteiger charge is -2.24. The minimum Gasteiger partial charge on any atom is -0.462 e. The molecular formula is C78H143NO8P+. The number of phosphoric ester groups is 1. The highest BCUT2D eigenvalue weighted by Crippen LogP contribution is 2.43. The second-order valence-corrected chi connectivity index (χ2v) is 27.8. The Morgan fingerprint density at radius 3 is 0.966 bits per heavy atom. The van der Waals surface area contributed by atoms with Crippen LogP contribution in [0.4, 0.5) is 0 Å². The van der Waals surface area contributed by atoms with Crippen LogP contribution < -0.4 is 0 Å². The van der Waals surface area contributed by atoms with Crippen LogP contribution in [0, 0.1) is 0 Å². The van der Waals surface area contributed by atoms with Crippen LogP contribution in [0.5, 0.6) is 0 Å². The van der Waals surface area contributed by atoms with Crippen molar-refractivity contribution in [2.45, 2.75) is 354 Å². The number of likely N-dealkylation sites (N-methyl/N-ethyl adjacent to an activating group) is 1. The fourth-order valence-corrected chi connectivity index (χ4v) is 11.5. The monoisotopic (exact) mass is 1250 g/mol. The molecule has 88 heavy (non-hydrogen) atoms. The van der Waals surface area contributed by atoms with E-state index in [0.29, 0.717) is 23.9 Å². The molecule has 0 radical (unpaired) electrons. The molecule has 9 nitrogen and oxygen atoms in total. The van der Waals surface area contributed by atoms with E-state index in [1.54, 1.807) is 0 Å². The molecule has 0 amide bonds. The zero-order valence-corrected chi connectivity index (χ0v) is 59.4. The normalized spacial score (nSPS) is 13.6. The molecule has 0 aliphatic heterocycles. The summed E-state index contributed by atoms with van der Waals surface area (Å²) >= 11 is 0. The van der Waals surface area contributed by atoms with Crippen molar-refractivity contribution >= 4 is 19.8 Å². The molecule has 0 aliphatic carbocycles. The summed E-state index contributed by atoms with van der Waals surface area (Å²) in [6, 6.07) is 0. The standard InChI is InChI=1S/C78H142NO8P/c1-6-8-10-12-14-16-18-20-22-24-26-28-30-31-32-33-34-35-36-37-38-39-40-41-42-43-44-45-46-47-49-51-53-55-57-59-61-63-65-67-69-71-78(81)87-76(75-86-88(82,83)85-73-72-79(3,4)5)74-84-77(80)70-68-66-64-62-60-58-56-54-52-50-48-29-27-25-23-21-19-17-15-13-11-9-7-2/h8,10,14,16,20,22,26,28,31-32,34-35,37-38,76H,6-7,9,11-13,15,17-19,21,23-25,27,29-30,33,36,39-75H2,1-5H3/p+1/b10-8-,16-14-,22-20-,28-26-,32-31-,35-34-,38-37-. The quantitative estimate of drug-likeness (QED) is 0.0211. The zero-order valence-electron chi connectivity index (χ0n) is 58.5. The summed E-state index contributed by atoms with van der Waals surface area (Å²) in [5.41, 5.74) is 0. The second-order valence-electron chi connectivity index (χ2n) is 26.3. The number of allylic oxidation sites excluding steroid dienone is 14. The van der Waals surface area contributed by atoms with Gasteiger partial charge in [0.25, 0.3) is 0 Å². The fraction of sp³-hybridized carbons (Fsp3) is 0.795. The van der Waals surface area contributed by atoms with Gasteiger partial charge in [0, 0.05) is 12.8 Å². The molecule has 0 aromatic heterocycles. The van der Waals surface area contributed by atoms with E-state index in [-0.39, 0.29) is 25.6 Å². The third-order valence-electron chi connectivity index (χ3n) is 16.4. The molecule has 0 rings (SSSR count). The fourth-order valence-electron chi connectivity index (χ4n) is 10.8. The van der Waals surface area contributed by atoms with E-state index in [1.165, 1.54) is 238 Å². The maximum Gasteiger partial charge on any atom is 0.472 e. The van der Waals surface area contributed by atoms with Gasteiger partial charge in [-0.15, -0.1) is 0 Å². The van der Waals surface area contributed by atoms with E-state index < -0.39 is 26.5 Å². The van der Waals surface area contributed by atoms with E-state index >= 15 is 0 Å². The van der Waals surface area contributed by atoms with Gasteiger partial charge in [-0.05, 0) is 70.6 Å². The molecule has 2 unspecified atom stereocenters. The molecule has 0 heterocycles. The Morgan fingerprint density at radius 1 is 0.364 bits per heavy atom. The summed E-state index contributed by atoms with van der Waals surface area (Å²) in [6.07, 6.45) is 94.2. The van der Waals surface area contributed by atoms with Gasteiger partial charge >= 0.3 is 19.8 Å². The van der Waals surface area contributed by atoms with E-state index in [9.17, 15) is 19.0 Å². The lowest BCUT2D eigenvalue weighted by atomic mass is 10.0. The van der Waals surface area contributed by atoms with Gasteiger partial charge in [0.1, 0.15) is 19.8 Å². The van der Waals surface area contributed by atoms with Crippen LogP contribution in [0.2, 0.25) is 0 Å². The van der Waals surface area contributed by atoms with E-state index in [1.807, 2.05) is 21.1 Å². The molecule has 2 atom stereocenters. The molecule has 0 saturated heterocycles. The van der Waals surface area contributed by atoms with Gasteiger partial charge in [-0.2, -0.15) is 0 Å². The predicted molar refractivity (Wildman–Crippen MR) is 381 cm³/mol. The van der Waals surface area contributed by atoms with Gasteiger partial charge < -0.3 is 18.9 Å². The molecule has 10 heteroatoms. The van der Waals surface area contributed by atoms with E-state index in [4.69, 9.17) is 18.5 Å². The number of phosphoric acid groups is 1. The average Bonchev–Trinajstić information content (AvgIpc) is 3.58. The summed E-state index contributed by atoms with van der Waals surface area (Å²) in [4.78, 5) is 35.9. The highest BCUT2D eigenvalue weighted by Gasteiger charge is 2.27. The number of nitrogens with zero attached hydrogens (tertiary/aromatic N) is 1. The molecule has 512 valence electrons. The van der Waals surface area contributed by atoms with Crippen LogP contribution in [0.3, 0.4) is 0 Å². The summed E-state index contributed by atoms with van der Waals surface area (Å²) in [5.74, 6) is -0.778. The number of carbonyl (C=O) groups is 2. The number of unbranched alkanes of at least 4 members (excludes halogenated alkanes) is 41. The Kier molecular flexibility index (Phi) is 66.4. The first-order valence-electron chi connectivity index (χ1n) is 37.3. The van der Waals surface area contributed by atoms with E-state index in [0.717, 1.165) is 77.0 Å². The zero-order chi connectivity index (χ0) is 64.1. The van der Waals surface area contributed by atoms with Crippen molar-refractivity contribution in [3.63, 3.8) is 0 Å². The Bertz CT molecular complexity index is 1760. The lowest BCUT2D eigenvalue weighted by Crippen LogP contribution is -2.37. The average molecular weight is 1250 g/mol. The van der Waals surface area contributed by atoms with E-state index in [2.05, 4.69) is 98.9 Å². The molecule has 1 N–H and O–H groups in total. The van der Waals surface area contributed by atoms with Gasteiger partial charge in [0.05, 0.1) is 27.7 Å². The predicted octanol–water partition coefficient (Wildman–Crippen LogP) is 24.5. The first kappa shape index (κ1) is 85.2. The number of hydrogen-bond acceptors (Lipinski definition) is 7. The maximum absolute atomic E-state index is 12.9. The molecule has 0 bridgehead atoms. The Labute approximate surface area is 545 Å². The van der Waals surface area contributed by atoms with Crippen LogP contribution in [-0.4, -0.2) is 74.9 Å². The van der Waals surface area contributed by atoms with Crippen molar-refractivity contribution in [2.75, 3.05) is 47.5 Å². The largest absolute Gasteiger partial charge is 0.472 e. The van der Waals surface area contributed by atoms with Crippen LogP contribution in [0.15, 0.2) is 85.1 Å². The first-order valence-corrected chi connectivity index (χ1v) is 38.8. The minimum atomic E-state index is -4.39. The summed E-state index contributed by atoms with van der Waals surface area (Å²) < 4.78 is 34.8. The molecule has 0 aromatic carbocycles. The molecule has 0 fully saturated rings. The van der Waals surface area contributed by atoms with Crippen LogP contribution >= 0.6 is 7.82 Å². The number of ether oxygens (including phenoxy) is 2. The second kappa shape index (κ2) is 68.6. The number of hydrogen-bond donors (Lipinski definition) is 1. The van der Waals surface area contributed by atoms with Gasteiger partial charge in [0.15, 0.2) is 6.10 Å². The Morgan fingerprint density at radius 2 is 0.648 bits per heavy atom. The number of quaternary nitrogens is 1. The molecule has 0 saturated carbocycles. The maximum atomic E-state index is 12.9. The Balaban J connectivity index is 3.95. The van der Waals surface area contributed by atoms with Crippen molar-refractivity contribution < 1.29 is 42.1 Å². The van der Waals surface area contributed by atoms with Crippen molar-refractivity contribution in [2.24, 2.45) is 0 Å². The highest BCUT2D eigenvalue weighted by atomic mass is 31.2. The van der Waals surface area contributed by atoms with Crippen LogP contribution in [-0.2, 0) is 32.7 Å². The third-order valence-corrected chi connectivity index (χ3v) is 17.4. The van der Waals surface area contributed by atoms with Crippen molar-refractivity contribution in [3.05, 3.63) is 85.1 Å². The van der Waals surface area contributed by atoms with Gasteiger partial charge in [-0.25, -0.2) is 4.57 Å². The van der Waals surface area contributed by atoms with Gasteiger partial charge in [-0.1, -0.05) is 349 Å². The number of esters is 2. The summed E-state index contributed by atoms with van der Waals surface area (Å²) in [7, 11) is 1.49. The highest BCUT2D eigenvalue weighted by molar-refractivity contribution is 7.47. The SMILES string of the molecule is CC/C=C\C/C=C\C/C=C\C/C=C\C/C=C\C/C=C\C/C=C\CCCCCCCCCCCCCCCCCCCCCC(=O)OC(COC(=O)CCCCCCCCCCCCCCCCCCCCCCCCC)COP(=O)(O)OCC[N+](C)(C)C. The van der Waals surface area contributed by atoms with Crippen molar-refractivity contribution in [1.29, 1.82) is 0 Å². The van der Waals surface area contributed by atoms with Crippen LogP contribution in [0.1, 0.15) is 348 Å². The van der Waals surface area contributed by atoms with Crippen molar-refractivity contribution in [1.82, 2.24) is 0 Å². The smallest absolute Gasteiger partial charge is 0.462 e. The van der Waals surface area contributed by atoms with Gasteiger partial charge in [-0.3, -0.25) is 18.6 Å². The summed E-state index contributed by atoms with van der Waals surface area (Å²) in [6.45, 7) is 4.38. The molecular weight excluding hydrogens is 1110 g/mol. The minimum absolute atomic E-state index is 0.0330. The van der Waals surface area contributed by atoms with Gasteiger partial charge in [0.2, 0.25) is 0 Å². The number of rotatable bonds is 69.